The van der Waals surface area contributed by atoms with Gasteiger partial charge in [-0.3, -0.25) is 9.88 Å². The quantitative estimate of drug-likeness (QED) is 0.847. The van der Waals surface area contributed by atoms with Crippen LogP contribution in [0.5, 0.6) is 0 Å². The van der Waals surface area contributed by atoms with Crippen molar-refractivity contribution in [3.8, 4) is 0 Å². The molecule has 2 bridgehead atoms. The maximum Gasteiger partial charge on any atom is 0.130 e. The number of hydrogen-bond acceptors (Lipinski definition) is 5. The Kier molecular flexibility index (Phi) is 4.78. The highest BCUT2D eigenvalue weighted by molar-refractivity contribution is 5.59. The van der Waals surface area contributed by atoms with E-state index in [2.05, 4.69) is 52.5 Å². The lowest BCUT2D eigenvalue weighted by atomic mass is 9.89. The average molecular weight is 405 g/mol. The molecule has 1 aromatic carbocycles. The van der Waals surface area contributed by atoms with Crippen LogP contribution in [0.25, 0.3) is 0 Å². The van der Waals surface area contributed by atoms with E-state index in [0.717, 1.165) is 32.7 Å². The lowest BCUT2D eigenvalue weighted by Gasteiger charge is -2.38. The van der Waals surface area contributed by atoms with Crippen molar-refractivity contribution in [3.05, 3.63) is 58.9 Å². The number of ether oxygens (including phenoxy) is 1. The fraction of sp³-hybridized carbons (Fsp3) is 0.560. The third kappa shape index (κ3) is 3.24. The molecule has 4 aliphatic rings. The van der Waals surface area contributed by atoms with E-state index in [9.17, 15) is 0 Å². The largest absolute Gasteiger partial charge is 0.358 e. The van der Waals surface area contributed by atoms with Crippen molar-refractivity contribution in [2.75, 3.05) is 31.6 Å². The van der Waals surface area contributed by atoms with Crippen LogP contribution in [-0.4, -0.2) is 48.9 Å². The topological polar surface area (TPSA) is 40.6 Å². The standard InChI is InChI=1S/C25H32N4O/c1-28(23-9-2-5-18-7-4-10-26-25(18)23)15-20-12-21-19(13-27-20)6-3-8-22(21)29-14-17-11-24(29)30-16-17/h3-4,6-8,10,17,20,23-24,27H,2,5,9,11-16H2,1H3/t17?,20-,23+,24-/m1/s1. The summed E-state index contributed by atoms with van der Waals surface area (Å²) in [5.74, 6) is 0.716. The Morgan fingerprint density at radius 2 is 2.17 bits per heavy atom. The van der Waals surface area contributed by atoms with Gasteiger partial charge in [0, 0.05) is 43.5 Å². The minimum absolute atomic E-state index is 0.294. The van der Waals surface area contributed by atoms with E-state index < -0.39 is 0 Å². The van der Waals surface area contributed by atoms with E-state index in [-0.39, 0.29) is 0 Å². The number of likely N-dealkylation sites (N-methyl/N-ethyl adjacent to an activating group) is 1. The van der Waals surface area contributed by atoms with Gasteiger partial charge in [-0.25, -0.2) is 0 Å². The molecule has 0 amide bonds. The molecule has 3 aliphatic heterocycles. The second kappa shape index (κ2) is 7.63. The molecule has 4 atom stereocenters. The predicted molar refractivity (Wildman–Crippen MR) is 119 cm³/mol. The normalized spacial score (nSPS) is 29.9. The average Bonchev–Trinajstić information content (AvgIpc) is 3.42. The van der Waals surface area contributed by atoms with Crippen LogP contribution >= 0.6 is 0 Å². The molecular formula is C25H32N4O. The summed E-state index contributed by atoms with van der Waals surface area (Å²) in [6.07, 6.45) is 8.18. The minimum Gasteiger partial charge on any atom is -0.358 e. The molecule has 5 heteroatoms. The van der Waals surface area contributed by atoms with E-state index >= 15 is 0 Å². The van der Waals surface area contributed by atoms with Crippen molar-refractivity contribution < 1.29 is 4.74 Å². The van der Waals surface area contributed by atoms with E-state index in [0.29, 0.717) is 24.2 Å². The van der Waals surface area contributed by atoms with Crippen molar-refractivity contribution in [1.82, 2.24) is 15.2 Å². The summed E-state index contributed by atoms with van der Waals surface area (Å²) in [7, 11) is 2.28. The lowest BCUT2D eigenvalue weighted by Crippen LogP contribution is -2.46. The number of benzene rings is 1. The highest BCUT2D eigenvalue weighted by Gasteiger charge is 2.40. The van der Waals surface area contributed by atoms with Gasteiger partial charge in [0.2, 0.25) is 0 Å². The number of nitrogens with zero attached hydrogens (tertiary/aromatic N) is 3. The zero-order valence-electron chi connectivity index (χ0n) is 17.9. The van der Waals surface area contributed by atoms with Crippen molar-refractivity contribution in [1.29, 1.82) is 0 Å². The van der Waals surface area contributed by atoms with Gasteiger partial charge in [-0.2, -0.15) is 0 Å². The summed E-state index contributed by atoms with van der Waals surface area (Å²) in [5.41, 5.74) is 7.15. The first kappa shape index (κ1) is 18.8. The molecule has 1 aromatic heterocycles. The van der Waals surface area contributed by atoms with Crippen LogP contribution < -0.4 is 10.2 Å². The molecule has 1 N–H and O–H groups in total. The Bertz CT molecular complexity index is 931. The third-order valence-electron chi connectivity index (χ3n) is 7.66. The van der Waals surface area contributed by atoms with Crippen molar-refractivity contribution in [3.63, 3.8) is 0 Å². The van der Waals surface area contributed by atoms with Crippen LogP contribution in [0, 0.1) is 5.92 Å². The molecule has 1 aliphatic carbocycles. The summed E-state index contributed by atoms with van der Waals surface area (Å²) in [6, 6.07) is 12.1. The molecule has 158 valence electrons. The van der Waals surface area contributed by atoms with E-state index in [1.165, 1.54) is 53.8 Å². The fourth-order valence-corrected chi connectivity index (χ4v) is 6.14. The van der Waals surface area contributed by atoms with Crippen LogP contribution in [0.4, 0.5) is 5.69 Å². The highest BCUT2D eigenvalue weighted by Crippen LogP contribution is 2.39. The molecule has 2 aromatic rings. The molecule has 30 heavy (non-hydrogen) atoms. The zero-order valence-corrected chi connectivity index (χ0v) is 17.9. The number of aromatic nitrogens is 1. The van der Waals surface area contributed by atoms with Gasteiger partial charge in [0.05, 0.1) is 18.3 Å². The first-order chi connectivity index (χ1) is 14.8. The summed E-state index contributed by atoms with van der Waals surface area (Å²) >= 11 is 0. The summed E-state index contributed by atoms with van der Waals surface area (Å²) in [4.78, 5) is 9.82. The lowest BCUT2D eigenvalue weighted by molar-refractivity contribution is 0.0857. The highest BCUT2D eigenvalue weighted by atomic mass is 16.5. The van der Waals surface area contributed by atoms with Gasteiger partial charge in [-0.1, -0.05) is 18.2 Å². The Morgan fingerprint density at radius 3 is 3.03 bits per heavy atom. The first-order valence-corrected chi connectivity index (χ1v) is 11.6. The Hall–Kier alpha value is -1.95. The van der Waals surface area contributed by atoms with Crippen LogP contribution in [0.2, 0.25) is 0 Å². The maximum atomic E-state index is 6.01. The summed E-state index contributed by atoms with van der Waals surface area (Å²) in [6.45, 7) is 4.12. The molecule has 4 heterocycles. The second-order valence-electron chi connectivity index (χ2n) is 9.63. The van der Waals surface area contributed by atoms with E-state index in [4.69, 9.17) is 9.72 Å². The molecule has 0 radical (unpaired) electrons. The number of hydrogen-bond donors (Lipinski definition) is 1. The molecule has 0 spiro atoms. The fourth-order valence-electron chi connectivity index (χ4n) is 6.14. The smallest absolute Gasteiger partial charge is 0.130 e. The minimum atomic E-state index is 0.294. The molecule has 2 saturated heterocycles. The van der Waals surface area contributed by atoms with Crippen LogP contribution in [0.3, 0.4) is 0 Å². The van der Waals surface area contributed by atoms with Gasteiger partial charge < -0.3 is 15.0 Å². The number of anilines is 1. The number of aryl methyl sites for hydroxylation is 1. The molecule has 0 saturated carbocycles. The monoisotopic (exact) mass is 404 g/mol. The SMILES string of the molecule is CN(C[C@H]1Cc2c(cccc2N2CC3CO[C@@H]2C3)CN1)[C@H]1CCCc2cccnc21. The number of fused-ring (bicyclic) bond motifs is 4. The Morgan fingerprint density at radius 1 is 1.23 bits per heavy atom. The van der Waals surface area contributed by atoms with Crippen molar-refractivity contribution in [2.45, 2.75) is 57.0 Å². The number of pyridine rings is 1. The third-order valence-corrected chi connectivity index (χ3v) is 7.66. The zero-order chi connectivity index (χ0) is 20.1. The molecule has 2 fully saturated rings. The molecule has 5 nitrogen and oxygen atoms in total. The van der Waals surface area contributed by atoms with Crippen LogP contribution in [0.15, 0.2) is 36.5 Å². The van der Waals surface area contributed by atoms with Gasteiger partial charge in [0.1, 0.15) is 6.23 Å². The van der Waals surface area contributed by atoms with Gasteiger partial charge in [-0.15, -0.1) is 0 Å². The van der Waals surface area contributed by atoms with E-state index in [1.807, 2.05) is 6.20 Å². The number of rotatable bonds is 4. The van der Waals surface area contributed by atoms with E-state index in [1.54, 1.807) is 0 Å². The molecule has 6 rings (SSSR count). The van der Waals surface area contributed by atoms with Crippen LogP contribution in [-0.2, 0) is 24.1 Å². The van der Waals surface area contributed by atoms with Gasteiger partial charge in [-0.05, 0) is 68.0 Å². The Labute approximate surface area is 179 Å². The number of nitrogens with one attached hydrogen (secondary N) is 1. The molecular weight excluding hydrogens is 372 g/mol. The van der Waals surface area contributed by atoms with Gasteiger partial charge in [0.25, 0.3) is 0 Å². The Balaban J connectivity index is 1.20. The predicted octanol–water partition coefficient (Wildman–Crippen LogP) is 3.29. The van der Waals surface area contributed by atoms with Crippen molar-refractivity contribution in [2.24, 2.45) is 5.92 Å². The van der Waals surface area contributed by atoms with Crippen LogP contribution in [0.1, 0.15) is 47.7 Å². The van der Waals surface area contributed by atoms with Gasteiger partial charge >= 0.3 is 0 Å². The second-order valence-corrected chi connectivity index (χ2v) is 9.63. The van der Waals surface area contributed by atoms with Gasteiger partial charge in [0.15, 0.2) is 0 Å². The molecule has 1 unspecified atom stereocenters. The maximum absolute atomic E-state index is 6.01. The van der Waals surface area contributed by atoms with Crippen molar-refractivity contribution >= 4 is 5.69 Å². The summed E-state index contributed by atoms with van der Waals surface area (Å²) in [5, 5.41) is 3.81. The summed E-state index contributed by atoms with van der Waals surface area (Å²) < 4.78 is 6.01. The first-order valence-electron chi connectivity index (χ1n) is 11.6.